The lowest BCUT2D eigenvalue weighted by Crippen LogP contribution is -2.52. The van der Waals surface area contributed by atoms with Gasteiger partial charge in [-0.2, -0.15) is 5.26 Å². The summed E-state index contributed by atoms with van der Waals surface area (Å²) < 4.78 is 0. The number of hydrogen-bond donors (Lipinski definition) is 1. The third kappa shape index (κ3) is 3.74. The van der Waals surface area contributed by atoms with E-state index in [0.29, 0.717) is 5.92 Å². The number of halogens is 1. The van der Waals surface area contributed by atoms with Crippen LogP contribution in [0.1, 0.15) is 50.0 Å². The van der Waals surface area contributed by atoms with Crippen LogP contribution in [0.4, 0.5) is 0 Å². The van der Waals surface area contributed by atoms with E-state index in [2.05, 4.69) is 41.7 Å². The summed E-state index contributed by atoms with van der Waals surface area (Å²) in [6.45, 7) is 0.739. The quantitative estimate of drug-likeness (QED) is 0.835. The summed E-state index contributed by atoms with van der Waals surface area (Å²) in [4.78, 5) is 14.7. The Bertz CT molecular complexity index is 669. The van der Waals surface area contributed by atoms with Crippen molar-refractivity contribution < 1.29 is 4.79 Å². The molecule has 140 valence electrons. The van der Waals surface area contributed by atoms with E-state index in [1.165, 1.54) is 18.4 Å². The van der Waals surface area contributed by atoms with Crippen LogP contribution in [0.2, 0.25) is 0 Å². The molecule has 2 aliphatic heterocycles. The summed E-state index contributed by atoms with van der Waals surface area (Å²) in [6.07, 6.45) is 6.36. The van der Waals surface area contributed by atoms with Gasteiger partial charge in [-0.15, -0.1) is 24.2 Å². The van der Waals surface area contributed by atoms with Crippen molar-refractivity contribution in [2.75, 3.05) is 12.3 Å². The predicted molar refractivity (Wildman–Crippen MR) is 107 cm³/mol. The van der Waals surface area contributed by atoms with E-state index in [4.69, 9.17) is 0 Å². The molecule has 3 aliphatic rings. The van der Waals surface area contributed by atoms with E-state index in [1.54, 1.807) is 4.90 Å². The molecule has 1 amide bonds. The molecular formula is C20H26ClN3OS. The Balaban J connectivity index is 0.00000196. The number of amides is 1. The molecule has 0 aromatic heterocycles. The normalized spacial score (nSPS) is 33.7. The molecule has 1 aromatic carbocycles. The molecule has 1 aromatic rings. The van der Waals surface area contributed by atoms with Gasteiger partial charge in [-0.1, -0.05) is 30.3 Å². The smallest absolute Gasteiger partial charge is 0.241 e. The van der Waals surface area contributed by atoms with Gasteiger partial charge in [0.2, 0.25) is 5.91 Å². The number of thioether (sulfide) groups is 1. The zero-order chi connectivity index (χ0) is 17.3. The van der Waals surface area contributed by atoms with Gasteiger partial charge in [0.1, 0.15) is 6.04 Å². The number of benzene rings is 1. The zero-order valence-corrected chi connectivity index (χ0v) is 16.5. The second-order valence-electron chi connectivity index (χ2n) is 7.51. The van der Waals surface area contributed by atoms with Crippen molar-refractivity contribution in [2.24, 2.45) is 0 Å². The fourth-order valence-corrected chi connectivity index (χ4v) is 6.03. The van der Waals surface area contributed by atoms with Crippen LogP contribution < -0.4 is 5.32 Å². The average Bonchev–Trinajstić information content (AvgIpc) is 3.30. The predicted octanol–water partition coefficient (Wildman–Crippen LogP) is 3.68. The fraction of sp³-hybridized carbons (Fsp3) is 0.600. The number of nitrogens with one attached hydrogen (secondary N) is 1. The number of nitriles is 1. The molecule has 26 heavy (non-hydrogen) atoms. The average molecular weight is 392 g/mol. The summed E-state index contributed by atoms with van der Waals surface area (Å²) in [6, 6.07) is 12.7. The minimum atomic E-state index is -0.218. The molecule has 2 saturated heterocycles. The molecule has 6 heteroatoms. The minimum absolute atomic E-state index is 0. The van der Waals surface area contributed by atoms with Crippen LogP contribution in [-0.2, 0) is 4.79 Å². The minimum Gasteiger partial charge on any atom is -0.325 e. The van der Waals surface area contributed by atoms with Crippen LogP contribution >= 0.6 is 24.2 Å². The molecule has 3 fully saturated rings. The maximum atomic E-state index is 12.8. The molecule has 0 bridgehead atoms. The van der Waals surface area contributed by atoms with Gasteiger partial charge in [-0.3, -0.25) is 10.1 Å². The summed E-state index contributed by atoms with van der Waals surface area (Å²) in [5, 5.41) is 12.9. The van der Waals surface area contributed by atoms with Crippen molar-refractivity contribution in [3.8, 4) is 6.07 Å². The van der Waals surface area contributed by atoms with Crippen molar-refractivity contribution in [1.29, 1.82) is 5.26 Å². The molecule has 1 N–H and O–H groups in total. The summed E-state index contributed by atoms with van der Waals surface area (Å²) in [7, 11) is 0. The van der Waals surface area contributed by atoms with Crippen LogP contribution in [0, 0.1) is 11.3 Å². The maximum absolute atomic E-state index is 12.8. The van der Waals surface area contributed by atoms with Crippen molar-refractivity contribution in [3.05, 3.63) is 35.9 Å². The largest absolute Gasteiger partial charge is 0.325 e. The second-order valence-corrected chi connectivity index (χ2v) is 8.91. The highest BCUT2D eigenvalue weighted by molar-refractivity contribution is 8.01. The first kappa shape index (κ1) is 19.5. The van der Waals surface area contributed by atoms with Gasteiger partial charge in [0.05, 0.1) is 17.0 Å². The van der Waals surface area contributed by atoms with Crippen LogP contribution in [0.5, 0.6) is 0 Å². The maximum Gasteiger partial charge on any atom is 0.241 e. The van der Waals surface area contributed by atoms with Crippen molar-refractivity contribution in [3.63, 3.8) is 0 Å². The Kier molecular flexibility index (Phi) is 6.17. The number of carbonyl (C=O) groups is 1. The third-order valence-corrected chi connectivity index (χ3v) is 7.59. The molecule has 1 saturated carbocycles. The first-order valence-electron chi connectivity index (χ1n) is 9.37. The van der Waals surface area contributed by atoms with E-state index < -0.39 is 0 Å². The van der Waals surface area contributed by atoms with Gasteiger partial charge >= 0.3 is 0 Å². The van der Waals surface area contributed by atoms with Gasteiger partial charge in [0.25, 0.3) is 0 Å². The molecule has 0 radical (unpaired) electrons. The third-order valence-electron chi connectivity index (χ3n) is 6.01. The number of hydrogen-bond acceptors (Lipinski definition) is 4. The lowest BCUT2D eigenvalue weighted by molar-refractivity contribution is -0.133. The lowest BCUT2D eigenvalue weighted by Gasteiger charge is -2.37. The van der Waals surface area contributed by atoms with E-state index in [0.717, 1.165) is 38.0 Å². The van der Waals surface area contributed by atoms with Crippen molar-refractivity contribution >= 4 is 30.1 Å². The zero-order valence-electron chi connectivity index (χ0n) is 14.9. The standard InChI is InChI=1S/C20H25N3OS.ClH/c21-13-17-7-4-12-23(17)19(24)18-14-25-20(22-18)10-8-16(9-11-20)15-5-2-1-3-6-15;/h1-3,5-6,16-18,22H,4,7-12,14H2;1H/t16?,17-,18-,20?;/m0./s1. The molecule has 4 rings (SSSR count). The summed E-state index contributed by atoms with van der Waals surface area (Å²) in [5.74, 6) is 1.62. The highest BCUT2D eigenvalue weighted by Gasteiger charge is 2.46. The van der Waals surface area contributed by atoms with Crippen LogP contribution in [-0.4, -0.2) is 40.1 Å². The Morgan fingerprint density at radius 2 is 1.96 bits per heavy atom. The number of likely N-dealkylation sites (tertiary alicyclic amines) is 1. The van der Waals surface area contributed by atoms with E-state index in [9.17, 15) is 10.1 Å². The SMILES string of the molecule is Cl.N#C[C@@H]1CCCN1C(=O)[C@@H]1CSC2(CCC(c3ccccc3)CC2)N1. The molecule has 0 unspecified atom stereocenters. The van der Waals surface area contributed by atoms with E-state index in [-0.39, 0.29) is 35.3 Å². The highest BCUT2D eigenvalue weighted by Crippen LogP contribution is 2.46. The Morgan fingerprint density at radius 1 is 1.23 bits per heavy atom. The van der Waals surface area contributed by atoms with Crippen LogP contribution in [0.15, 0.2) is 30.3 Å². The highest BCUT2D eigenvalue weighted by atomic mass is 35.5. The summed E-state index contributed by atoms with van der Waals surface area (Å²) >= 11 is 1.93. The lowest BCUT2D eigenvalue weighted by atomic mass is 9.81. The summed E-state index contributed by atoms with van der Waals surface area (Å²) in [5.41, 5.74) is 1.45. The molecule has 4 nitrogen and oxygen atoms in total. The Morgan fingerprint density at radius 3 is 2.65 bits per heavy atom. The van der Waals surface area contributed by atoms with Gasteiger partial charge in [0, 0.05) is 12.3 Å². The van der Waals surface area contributed by atoms with E-state index >= 15 is 0 Å². The van der Waals surface area contributed by atoms with Crippen LogP contribution in [0.25, 0.3) is 0 Å². The molecular weight excluding hydrogens is 366 g/mol. The Labute approximate surface area is 166 Å². The van der Waals surface area contributed by atoms with Crippen LogP contribution in [0.3, 0.4) is 0 Å². The number of carbonyl (C=O) groups excluding carboxylic acids is 1. The molecule has 1 aliphatic carbocycles. The fourth-order valence-electron chi connectivity index (χ4n) is 4.57. The Hall–Kier alpha value is -1.22. The number of rotatable bonds is 2. The topological polar surface area (TPSA) is 56.1 Å². The van der Waals surface area contributed by atoms with E-state index in [1.807, 2.05) is 11.8 Å². The van der Waals surface area contributed by atoms with Crippen molar-refractivity contribution in [2.45, 2.75) is 61.4 Å². The van der Waals surface area contributed by atoms with Gasteiger partial charge in [0.15, 0.2) is 0 Å². The molecule has 2 atom stereocenters. The molecule has 2 heterocycles. The van der Waals surface area contributed by atoms with Gasteiger partial charge < -0.3 is 4.90 Å². The monoisotopic (exact) mass is 391 g/mol. The van der Waals surface area contributed by atoms with Crippen molar-refractivity contribution in [1.82, 2.24) is 10.2 Å². The first-order valence-corrected chi connectivity index (χ1v) is 10.4. The molecule has 1 spiro atoms. The number of nitrogens with zero attached hydrogens (tertiary/aromatic N) is 2. The van der Waals surface area contributed by atoms with Gasteiger partial charge in [-0.25, -0.2) is 0 Å². The first-order chi connectivity index (χ1) is 12.2. The second kappa shape index (κ2) is 8.21. The van der Waals surface area contributed by atoms with Gasteiger partial charge in [-0.05, 0) is 50.0 Å².